The van der Waals surface area contributed by atoms with Crippen molar-refractivity contribution < 1.29 is 0 Å². The lowest BCUT2D eigenvalue weighted by Gasteiger charge is -2.35. The maximum absolute atomic E-state index is 4.37. The fourth-order valence-electron chi connectivity index (χ4n) is 6.42. The van der Waals surface area contributed by atoms with Crippen molar-refractivity contribution in [1.82, 2.24) is 45.0 Å². The summed E-state index contributed by atoms with van der Waals surface area (Å²) in [6.45, 7) is 14.1. The Morgan fingerprint density at radius 3 is 1.00 bits per heavy atom. The maximum Gasteiger partial charge on any atom is 0.225 e. The lowest BCUT2D eigenvalue weighted by atomic mass is 10.1. The van der Waals surface area contributed by atoms with Gasteiger partial charge in [0.1, 0.15) is 0 Å². The molecule has 5 aromatic rings. The minimum atomic E-state index is 0. The third-order valence-corrected chi connectivity index (χ3v) is 10.8. The molecule has 0 spiro atoms. The van der Waals surface area contributed by atoms with Crippen LogP contribution >= 0.6 is 31.9 Å². The van der Waals surface area contributed by atoms with E-state index in [0.29, 0.717) is 0 Å². The average molecular weight is 891 g/mol. The first-order valence-electron chi connectivity index (χ1n) is 18.7. The molecule has 0 unspecified atom stereocenters. The van der Waals surface area contributed by atoms with E-state index in [1.807, 2.05) is 43.0 Å². The number of rotatable bonds is 9. The van der Waals surface area contributed by atoms with E-state index in [4.69, 9.17) is 0 Å². The molecule has 3 aliphatic rings. The minimum absolute atomic E-state index is 0. The second kappa shape index (κ2) is 24.5. The lowest BCUT2D eigenvalue weighted by molar-refractivity contribution is 0.246. The number of nitrogens with one attached hydrogen (secondary N) is 1. The van der Waals surface area contributed by atoms with Gasteiger partial charge >= 0.3 is 0 Å². The Morgan fingerprint density at radius 2 is 0.696 bits per heavy atom. The highest BCUT2D eigenvalue weighted by Gasteiger charge is 2.20. The molecule has 6 heterocycles. The minimum Gasteiger partial charge on any atom is -0.338 e. The zero-order valence-corrected chi connectivity index (χ0v) is 34.0. The van der Waals surface area contributed by atoms with Crippen LogP contribution in [0.5, 0.6) is 0 Å². The van der Waals surface area contributed by atoms with Gasteiger partial charge in [0.05, 0.1) is 0 Å². The van der Waals surface area contributed by atoms with E-state index in [9.17, 15) is 0 Å². The molecule has 0 aliphatic carbocycles. The van der Waals surface area contributed by atoms with E-state index < -0.39 is 0 Å². The molecule has 3 fully saturated rings. The van der Waals surface area contributed by atoms with Crippen LogP contribution in [0, 0.1) is 0 Å². The number of nitrogens with zero attached hydrogens (tertiary/aromatic N) is 11. The van der Waals surface area contributed by atoms with E-state index in [-0.39, 0.29) is 14.9 Å². The molecule has 14 heteroatoms. The molecule has 0 amide bonds. The number of anilines is 3. The Labute approximate surface area is 351 Å². The summed E-state index contributed by atoms with van der Waals surface area (Å²) in [5.74, 6) is 2.53. The van der Waals surface area contributed by atoms with Crippen molar-refractivity contribution in [2.24, 2.45) is 0 Å². The highest BCUT2D eigenvalue weighted by atomic mass is 79.9. The molecule has 8 rings (SSSR count). The monoisotopic (exact) mass is 888 g/mol. The summed E-state index contributed by atoms with van der Waals surface area (Å²) in [4.78, 5) is 37.6. The SMILES string of the molecule is BrCc1ccc(CBr)cc1.C.C.c1cnc(N2CCN(Cc3ccc(CN4CCN(c5ncccn5)CC4)cc3)CC2)nc1.c1cnc(N2CCNCC2)nc1. The standard InChI is InChI=1S/C24H30N8.C8H8Br2.C8H12N4.2CH4/c1-7-25-23(26-8-1)31-15-11-29(12-16-31)19-21-3-5-22(6-4-21)20-30-13-17-32(18-14-30)24-27-9-2-10-28-24;9-5-7-1-2-8(6-10)4-3-7;1-2-10-8(11-3-1)12-6-4-9-5-7-12;;/h1-10H,11-20H2;1-4H,5-6H2;1-3,9H,4-7H2;2*1H4. The molecule has 1 N–H and O–H groups in total. The second-order valence-corrected chi connectivity index (χ2v) is 14.4. The summed E-state index contributed by atoms with van der Waals surface area (Å²) in [5.41, 5.74) is 5.41. The zero-order chi connectivity index (χ0) is 37.2. The summed E-state index contributed by atoms with van der Waals surface area (Å²) in [7, 11) is 0. The van der Waals surface area contributed by atoms with Crippen molar-refractivity contribution in [1.29, 1.82) is 0 Å². The van der Waals surface area contributed by atoms with Crippen LogP contribution in [0.3, 0.4) is 0 Å². The fourth-order valence-corrected chi connectivity index (χ4v) is 7.17. The van der Waals surface area contributed by atoms with E-state index in [2.05, 4.69) is 140 Å². The van der Waals surface area contributed by atoms with Crippen molar-refractivity contribution in [2.45, 2.75) is 38.6 Å². The summed E-state index contributed by atoms with van der Waals surface area (Å²) in [5, 5.41) is 5.17. The van der Waals surface area contributed by atoms with Gasteiger partial charge in [-0.3, -0.25) is 9.80 Å². The molecule has 0 atom stereocenters. The number of alkyl halides is 2. The molecule has 0 radical (unpaired) electrons. The first-order chi connectivity index (χ1) is 26.7. The van der Waals surface area contributed by atoms with Crippen LogP contribution in [0.1, 0.15) is 37.1 Å². The zero-order valence-electron chi connectivity index (χ0n) is 30.8. The Morgan fingerprint density at radius 1 is 0.411 bits per heavy atom. The van der Waals surface area contributed by atoms with E-state index in [0.717, 1.165) is 120 Å². The van der Waals surface area contributed by atoms with Gasteiger partial charge in [0.15, 0.2) is 0 Å². The van der Waals surface area contributed by atoms with Gasteiger partial charge in [0, 0.05) is 139 Å². The Balaban J connectivity index is 0.000000238. The van der Waals surface area contributed by atoms with Crippen LogP contribution in [0.15, 0.2) is 104 Å². The largest absolute Gasteiger partial charge is 0.338 e. The predicted molar refractivity (Wildman–Crippen MR) is 238 cm³/mol. The Kier molecular flexibility index (Phi) is 19.6. The van der Waals surface area contributed by atoms with Gasteiger partial charge in [-0.2, -0.15) is 0 Å². The number of hydrogen-bond acceptors (Lipinski definition) is 12. The first kappa shape index (κ1) is 44.6. The summed E-state index contributed by atoms with van der Waals surface area (Å²) < 4.78 is 0. The van der Waals surface area contributed by atoms with Crippen LogP contribution in [0.2, 0.25) is 0 Å². The van der Waals surface area contributed by atoms with Crippen molar-refractivity contribution >= 4 is 49.7 Å². The van der Waals surface area contributed by atoms with Crippen LogP contribution in [-0.2, 0) is 23.7 Å². The predicted octanol–water partition coefficient (Wildman–Crippen LogP) is 6.55. The molecular weight excluding hydrogens is 832 g/mol. The first-order valence-corrected chi connectivity index (χ1v) is 20.9. The number of aromatic nitrogens is 6. The van der Waals surface area contributed by atoms with Gasteiger partial charge < -0.3 is 20.0 Å². The van der Waals surface area contributed by atoms with Gasteiger partial charge in [-0.05, 0) is 40.5 Å². The molecule has 3 saturated heterocycles. The van der Waals surface area contributed by atoms with Gasteiger partial charge in [-0.15, -0.1) is 0 Å². The molecule has 300 valence electrons. The van der Waals surface area contributed by atoms with Gasteiger partial charge in [-0.1, -0.05) is 95.2 Å². The smallest absolute Gasteiger partial charge is 0.225 e. The summed E-state index contributed by atoms with van der Waals surface area (Å²) in [6, 6.07) is 23.2. The third kappa shape index (κ3) is 14.1. The molecule has 0 bridgehead atoms. The van der Waals surface area contributed by atoms with Crippen molar-refractivity contribution in [3.8, 4) is 0 Å². The van der Waals surface area contributed by atoms with E-state index >= 15 is 0 Å². The van der Waals surface area contributed by atoms with E-state index in [1.54, 1.807) is 12.4 Å². The normalized spacial score (nSPS) is 15.9. The van der Waals surface area contributed by atoms with Gasteiger partial charge in [-0.25, -0.2) is 29.9 Å². The number of piperazine rings is 3. The average Bonchev–Trinajstić information content (AvgIpc) is 3.26. The lowest BCUT2D eigenvalue weighted by Crippen LogP contribution is -2.46. The van der Waals surface area contributed by atoms with Gasteiger partial charge in [0.2, 0.25) is 17.8 Å². The van der Waals surface area contributed by atoms with Crippen LogP contribution in [0.4, 0.5) is 17.8 Å². The summed E-state index contributed by atoms with van der Waals surface area (Å²) >= 11 is 6.78. The molecule has 3 aromatic heterocycles. The van der Waals surface area contributed by atoms with Crippen molar-refractivity contribution in [3.63, 3.8) is 0 Å². The van der Waals surface area contributed by atoms with Gasteiger partial charge in [0.25, 0.3) is 0 Å². The third-order valence-electron chi connectivity index (χ3n) is 9.53. The quantitative estimate of drug-likeness (QED) is 0.163. The molecule has 12 nitrogen and oxygen atoms in total. The molecule has 3 aliphatic heterocycles. The molecular formula is C42H58Br2N12. The van der Waals surface area contributed by atoms with Crippen LogP contribution < -0.4 is 20.0 Å². The van der Waals surface area contributed by atoms with E-state index in [1.165, 1.54) is 22.3 Å². The molecule has 56 heavy (non-hydrogen) atoms. The second-order valence-electron chi connectivity index (χ2n) is 13.3. The highest BCUT2D eigenvalue weighted by molar-refractivity contribution is 9.08. The van der Waals surface area contributed by atoms with Crippen molar-refractivity contribution in [2.75, 3.05) is 93.2 Å². The Bertz CT molecular complexity index is 1630. The molecule has 0 saturated carbocycles. The maximum atomic E-state index is 4.37. The number of hydrogen-bond donors (Lipinski definition) is 1. The fraction of sp³-hybridized carbons (Fsp3) is 0.429. The Hall–Kier alpha value is -4.08. The number of benzene rings is 2. The van der Waals surface area contributed by atoms with Crippen LogP contribution in [0.25, 0.3) is 0 Å². The number of halogens is 2. The topological polar surface area (TPSA) is 106 Å². The molecule has 2 aromatic carbocycles. The van der Waals surface area contributed by atoms with Crippen LogP contribution in [-0.4, -0.2) is 118 Å². The van der Waals surface area contributed by atoms with Crippen molar-refractivity contribution in [3.05, 3.63) is 126 Å². The summed E-state index contributed by atoms with van der Waals surface area (Å²) in [6.07, 6.45) is 10.8. The highest BCUT2D eigenvalue weighted by Crippen LogP contribution is 2.16.